The lowest BCUT2D eigenvalue weighted by Gasteiger charge is -2.15. The van der Waals surface area contributed by atoms with Gasteiger partial charge in [-0.3, -0.25) is 0 Å². The zero-order valence-electron chi connectivity index (χ0n) is 19.2. The molecule has 2 fully saturated rings. The minimum absolute atomic E-state index is 0.258. The van der Waals surface area contributed by atoms with Gasteiger partial charge in [0.15, 0.2) is 6.10 Å². The molecule has 2 saturated heterocycles. The van der Waals surface area contributed by atoms with Gasteiger partial charge in [-0.05, 0) is 45.7 Å². The summed E-state index contributed by atoms with van der Waals surface area (Å²) in [5.74, 6) is 0. The van der Waals surface area contributed by atoms with E-state index in [9.17, 15) is 5.11 Å². The number of hydrogen-bond acceptors (Lipinski definition) is 5. The molecular weight excluding hydrogens is 476 g/mol. The summed E-state index contributed by atoms with van der Waals surface area (Å²) in [5.41, 5.74) is 5.78. The number of nitrogens with one attached hydrogen (secondary N) is 1. The fourth-order valence-electron chi connectivity index (χ4n) is 5.18. The second kappa shape index (κ2) is 8.61. The van der Waals surface area contributed by atoms with Crippen molar-refractivity contribution in [1.82, 2.24) is 9.97 Å². The highest BCUT2D eigenvalue weighted by Gasteiger charge is 2.48. The number of ether oxygens (including phenoxy) is 3. The Bertz CT molecular complexity index is 1580. The van der Waals surface area contributed by atoms with Crippen LogP contribution in [0.5, 0.6) is 6.01 Å². The van der Waals surface area contributed by atoms with E-state index in [0.29, 0.717) is 17.6 Å². The number of imidazole rings is 1. The van der Waals surface area contributed by atoms with Crippen LogP contribution in [0.1, 0.15) is 0 Å². The first-order valence-electron chi connectivity index (χ1n) is 12.0. The molecule has 0 radical (unpaired) electrons. The van der Waals surface area contributed by atoms with E-state index in [1.54, 1.807) is 0 Å². The van der Waals surface area contributed by atoms with E-state index in [0.717, 1.165) is 27.7 Å². The summed E-state index contributed by atoms with van der Waals surface area (Å²) in [5, 5.41) is 13.0. The Morgan fingerprint density at radius 3 is 2.44 bits per heavy atom. The average molecular weight is 499 g/mol. The van der Waals surface area contributed by atoms with Crippen molar-refractivity contribution in [2.45, 2.75) is 24.4 Å². The van der Waals surface area contributed by atoms with Crippen LogP contribution in [0, 0.1) is 0 Å². The highest BCUT2D eigenvalue weighted by atomic mass is 35.5. The summed E-state index contributed by atoms with van der Waals surface area (Å²) >= 11 is 6.67. The lowest BCUT2D eigenvalue weighted by atomic mass is 9.98. The number of H-pyrrole nitrogens is 1. The van der Waals surface area contributed by atoms with E-state index in [1.165, 1.54) is 16.3 Å². The number of aromatic nitrogens is 2. The van der Waals surface area contributed by atoms with Crippen molar-refractivity contribution in [2.75, 3.05) is 13.2 Å². The molecule has 0 bridgehead atoms. The van der Waals surface area contributed by atoms with Gasteiger partial charge >= 0.3 is 0 Å². The van der Waals surface area contributed by atoms with E-state index in [1.807, 2.05) is 12.1 Å². The quantitative estimate of drug-likeness (QED) is 0.337. The number of fused-ring (bicyclic) bond motifs is 3. The van der Waals surface area contributed by atoms with Gasteiger partial charge in [0, 0.05) is 5.56 Å². The summed E-state index contributed by atoms with van der Waals surface area (Å²) in [4.78, 5) is 7.81. The standard InChI is InChI=1S/C29H23ClN2O4/c30-22-13-24-23(31-29(32-24)36-26-15-35-27-25(33)14-34-28(26)27)12-21(22)18-8-5-17(6-9-18)20-10-7-16-3-1-2-4-19(16)11-20/h1-13,25-28,33H,14-15H2,(H,31,32). The second-order valence-corrected chi connectivity index (χ2v) is 9.76. The fourth-order valence-corrected chi connectivity index (χ4v) is 5.46. The van der Waals surface area contributed by atoms with E-state index in [4.69, 9.17) is 25.8 Å². The Morgan fingerprint density at radius 2 is 1.58 bits per heavy atom. The van der Waals surface area contributed by atoms with Gasteiger partial charge in [-0.15, -0.1) is 0 Å². The molecule has 4 aromatic carbocycles. The Morgan fingerprint density at radius 1 is 0.833 bits per heavy atom. The SMILES string of the molecule is OC1COC2C(Oc3nc4cc(-c5ccc(-c6ccc7ccccc7c6)cc5)c(Cl)cc4[nH]3)COC12. The number of aliphatic hydroxyl groups excluding tert-OH is 1. The molecule has 36 heavy (non-hydrogen) atoms. The van der Waals surface area contributed by atoms with Crippen LogP contribution in [0.15, 0.2) is 78.9 Å². The smallest absolute Gasteiger partial charge is 0.295 e. The number of aromatic amines is 1. The van der Waals surface area contributed by atoms with E-state index in [-0.39, 0.29) is 24.9 Å². The van der Waals surface area contributed by atoms with Gasteiger partial charge in [0.25, 0.3) is 6.01 Å². The first-order chi connectivity index (χ1) is 17.6. The molecule has 0 amide bonds. The van der Waals surface area contributed by atoms with Crippen molar-refractivity contribution in [3.63, 3.8) is 0 Å². The zero-order valence-corrected chi connectivity index (χ0v) is 20.0. The summed E-state index contributed by atoms with van der Waals surface area (Å²) in [7, 11) is 0. The molecule has 0 aliphatic carbocycles. The van der Waals surface area contributed by atoms with Crippen LogP contribution in [0.4, 0.5) is 0 Å². The predicted octanol–water partition coefficient (Wildman–Crippen LogP) is 5.61. The molecular formula is C29H23ClN2O4. The van der Waals surface area contributed by atoms with Crippen LogP contribution in [0.3, 0.4) is 0 Å². The van der Waals surface area contributed by atoms with E-state index in [2.05, 4.69) is 76.7 Å². The van der Waals surface area contributed by atoms with Crippen molar-refractivity contribution >= 4 is 33.4 Å². The van der Waals surface area contributed by atoms with Crippen molar-refractivity contribution in [3.8, 4) is 28.3 Å². The molecule has 2 aliphatic heterocycles. The molecule has 3 heterocycles. The molecule has 0 saturated carbocycles. The van der Waals surface area contributed by atoms with Crippen LogP contribution in [-0.2, 0) is 9.47 Å². The monoisotopic (exact) mass is 498 g/mol. The molecule has 2 aliphatic rings. The Balaban J connectivity index is 1.15. The third kappa shape index (κ3) is 3.74. The van der Waals surface area contributed by atoms with Crippen LogP contribution in [-0.4, -0.2) is 52.7 Å². The molecule has 5 aromatic rings. The number of halogens is 1. The van der Waals surface area contributed by atoms with Gasteiger partial charge in [0.1, 0.15) is 18.3 Å². The second-order valence-electron chi connectivity index (χ2n) is 9.35. The first-order valence-corrected chi connectivity index (χ1v) is 12.4. The number of nitrogens with zero attached hydrogens (tertiary/aromatic N) is 1. The minimum Gasteiger partial charge on any atom is -0.456 e. The molecule has 7 rings (SSSR count). The summed E-state index contributed by atoms with van der Waals surface area (Å²) in [6.07, 6.45) is -1.59. The molecule has 4 unspecified atom stereocenters. The molecule has 4 atom stereocenters. The van der Waals surface area contributed by atoms with Crippen LogP contribution in [0.25, 0.3) is 44.1 Å². The molecule has 6 nitrogen and oxygen atoms in total. The Hall–Kier alpha value is -3.42. The predicted molar refractivity (Wildman–Crippen MR) is 139 cm³/mol. The van der Waals surface area contributed by atoms with Gasteiger partial charge in [0.05, 0.1) is 29.3 Å². The molecule has 1 aromatic heterocycles. The largest absolute Gasteiger partial charge is 0.456 e. The molecule has 0 spiro atoms. The number of rotatable bonds is 4. The first kappa shape index (κ1) is 21.8. The molecule has 180 valence electrons. The average Bonchev–Trinajstić information content (AvgIpc) is 3.60. The number of aliphatic hydroxyl groups is 1. The third-order valence-electron chi connectivity index (χ3n) is 7.07. The van der Waals surface area contributed by atoms with Gasteiger partial charge in [-0.2, -0.15) is 4.98 Å². The molecule has 2 N–H and O–H groups in total. The zero-order chi connectivity index (χ0) is 24.2. The van der Waals surface area contributed by atoms with Crippen LogP contribution in [0.2, 0.25) is 5.02 Å². The fraction of sp³-hybridized carbons (Fsp3) is 0.207. The topological polar surface area (TPSA) is 76.6 Å². The highest BCUT2D eigenvalue weighted by molar-refractivity contribution is 6.34. The van der Waals surface area contributed by atoms with Gasteiger partial charge in [-0.1, -0.05) is 72.3 Å². The lowest BCUT2D eigenvalue weighted by Crippen LogP contribution is -2.34. The summed E-state index contributed by atoms with van der Waals surface area (Å²) in [6.45, 7) is 0.604. The van der Waals surface area contributed by atoms with Crippen molar-refractivity contribution in [1.29, 1.82) is 0 Å². The highest BCUT2D eigenvalue weighted by Crippen LogP contribution is 2.35. The van der Waals surface area contributed by atoms with Crippen molar-refractivity contribution in [2.24, 2.45) is 0 Å². The van der Waals surface area contributed by atoms with Crippen molar-refractivity contribution < 1.29 is 19.3 Å². The van der Waals surface area contributed by atoms with Crippen molar-refractivity contribution in [3.05, 3.63) is 83.9 Å². The minimum atomic E-state index is -0.617. The van der Waals surface area contributed by atoms with E-state index < -0.39 is 6.10 Å². The third-order valence-corrected chi connectivity index (χ3v) is 7.39. The molecule has 7 heteroatoms. The maximum Gasteiger partial charge on any atom is 0.295 e. The van der Waals surface area contributed by atoms with Crippen LogP contribution < -0.4 is 4.74 Å². The normalized spacial score (nSPS) is 23.4. The van der Waals surface area contributed by atoms with E-state index >= 15 is 0 Å². The summed E-state index contributed by atoms with van der Waals surface area (Å²) < 4.78 is 17.3. The lowest BCUT2D eigenvalue weighted by molar-refractivity contribution is 0.00706. The Labute approximate surface area is 212 Å². The maximum atomic E-state index is 9.95. The van der Waals surface area contributed by atoms with Gasteiger partial charge in [0.2, 0.25) is 0 Å². The van der Waals surface area contributed by atoms with Crippen LogP contribution >= 0.6 is 11.6 Å². The van der Waals surface area contributed by atoms with Gasteiger partial charge < -0.3 is 24.3 Å². The number of benzene rings is 4. The summed E-state index contributed by atoms with van der Waals surface area (Å²) in [6, 6.07) is 27.5. The van der Waals surface area contributed by atoms with Gasteiger partial charge in [-0.25, -0.2) is 0 Å². The maximum absolute atomic E-state index is 9.95. The Kier molecular flexibility index (Phi) is 5.22. The number of hydrogen-bond donors (Lipinski definition) is 2.